The Hall–Kier alpha value is -2.05. The van der Waals surface area contributed by atoms with Crippen LogP contribution in [0.3, 0.4) is 0 Å². The minimum atomic E-state index is -0.864. The Kier molecular flexibility index (Phi) is 3.57. The fourth-order valence-electron chi connectivity index (χ4n) is 2.73. The van der Waals surface area contributed by atoms with Crippen molar-refractivity contribution in [3.8, 4) is 11.5 Å². The Bertz CT molecular complexity index is 682. The molecule has 1 atom stereocenters. The van der Waals surface area contributed by atoms with Crippen molar-refractivity contribution in [2.24, 2.45) is 0 Å². The van der Waals surface area contributed by atoms with Crippen LogP contribution in [0.2, 0.25) is 0 Å². The molecule has 3 rings (SSSR count). The van der Waals surface area contributed by atoms with E-state index in [1.54, 1.807) is 17.4 Å². The molecule has 6 heteroatoms. The lowest BCUT2D eigenvalue weighted by Gasteiger charge is -2.33. The lowest BCUT2D eigenvalue weighted by Crippen LogP contribution is -2.38. The lowest BCUT2D eigenvalue weighted by molar-refractivity contribution is -0.144. The Balaban J connectivity index is 1.88. The molecule has 3 N–H and O–H groups in total. The highest BCUT2D eigenvalue weighted by Crippen LogP contribution is 2.35. The summed E-state index contributed by atoms with van der Waals surface area (Å²) in [5.74, 6) is -1.22. The third-order valence-electron chi connectivity index (χ3n) is 3.73. The number of aliphatic carboxylic acids is 1. The van der Waals surface area contributed by atoms with E-state index in [9.17, 15) is 20.1 Å². The van der Waals surface area contributed by atoms with E-state index in [1.807, 2.05) is 16.3 Å². The summed E-state index contributed by atoms with van der Waals surface area (Å²) in [5, 5.41) is 30.3. The van der Waals surface area contributed by atoms with Crippen LogP contribution in [-0.4, -0.2) is 32.7 Å². The Labute approximate surface area is 125 Å². The molecule has 0 spiro atoms. The van der Waals surface area contributed by atoms with Crippen molar-refractivity contribution in [3.05, 3.63) is 45.6 Å². The number of benzene rings is 1. The monoisotopic (exact) mass is 305 g/mol. The molecule has 2 aromatic rings. The van der Waals surface area contributed by atoms with Gasteiger partial charge in [0.1, 0.15) is 6.04 Å². The fraction of sp³-hybridized carbons (Fsp3) is 0.267. The summed E-state index contributed by atoms with van der Waals surface area (Å²) in [6.45, 7) is 1.08. The van der Waals surface area contributed by atoms with Crippen LogP contribution in [-0.2, 0) is 17.8 Å². The van der Waals surface area contributed by atoms with Crippen molar-refractivity contribution >= 4 is 17.3 Å². The van der Waals surface area contributed by atoms with Gasteiger partial charge in [-0.15, -0.1) is 11.3 Å². The van der Waals surface area contributed by atoms with Crippen LogP contribution >= 0.6 is 11.3 Å². The van der Waals surface area contributed by atoms with E-state index in [0.717, 1.165) is 22.4 Å². The molecule has 1 aliphatic rings. The first-order valence-electron chi connectivity index (χ1n) is 6.60. The van der Waals surface area contributed by atoms with Crippen molar-refractivity contribution < 1.29 is 20.1 Å². The SMILES string of the molecule is O=C(O)C1c2ccsc2CCN1Cc1ccc(O)c(O)c1. The van der Waals surface area contributed by atoms with Crippen molar-refractivity contribution in [1.82, 2.24) is 4.90 Å². The molecule has 1 unspecified atom stereocenters. The van der Waals surface area contributed by atoms with Gasteiger partial charge >= 0.3 is 5.97 Å². The second-order valence-electron chi connectivity index (χ2n) is 5.08. The molecule has 5 nitrogen and oxygen atoms in total. The van der Waals surface area contributed by atoms with Crippen LogP contribution in [0, 0.1) is 0 Å². The maximum atomic E-state index is 11.6. The van der Waals surface area contributed by atoms with Crippen LogP contribution in [0.15, 0.2) is 29.6 Å². The summed E-state index contributed by atoms with van der Waals surface area (Å²) < 4.78 is 0. The van der Waals surface area contributed by atoms with E-state index in [2.05, 4.69) is 0 Å². The van der Waals surface area contributed by atoms with Gasteiger partial charge in [-0.3, -0.25) is 9.69 Å². The van der Waals surface area contributed by atoms with Gasteiger partial charge in [0.25, 0.3) is 0 Å². The summed E-state index contributed by atoms with van der Waals surface area (Å²) >= 11 is 1.60. The second kappa shape index (κ2) is 5.38. The number of carboxylic acids is 1. The summed E-state index contributed by atoms with van der Waals surface area (Å²) in [4.78, 5) is 14.6. The van der Waals surface area contributed by atoms with E-state index >= 15 is 0 Å². The maximum Gasteiger partial charge on any atom is 0.325 e. The van der Waals surface area contributed by atoms with Gasteiger partial charge in [-0.2, -0.15) is 0 Å². The van der Waals surface area contributed by atoms with E-state index < -0.39 is 12.0 Å². The first-order valence-corrected chi connectivity index (χ1v) is 7.48. The van der Waals surface area contributed by atoms with Crippen LogP contribution in [0.5, 0.6) is 11.5 Å². The van der Waals surface area contributed by atoms with Crippen molar-refractivity contribution in [1.29, 1.82) is 0 Å². The molecule has 0 amide bonds. The maximum absolute atomic E-state index is 11.6. The molecule has 1 aliphatic heterocycles. The summed E-state index contributed by atoms with van der Waals surface area (Å²) in [6, 6.07) is 5.80. The molecule has 1 aromatic carbocycles. The van der Waals surface area contributed by atoms with Gasteiger partial charge in [0.2, 0.25) is 0 Å². The number of phenolic OH excluding ortho intramolecular Hbond substituents is 2. The zero-order valence-corrected chi connectivity index (χ0v) is 12.0. The average Bonchev–Trinajstić information content (AvgIpc) is 2.90. The number of carbonyl (C=O) groups is 1. The van der Waals surface area contributed by atoms with E-state index in [4.69, 9.17) is 0 Å². The van der Waals surface area contributed by atoms with Gasteiger partial charge in [-0.1, -0.05) is 6.07 Å². The molecule has 0 saturated carbocycles. The number of phenols is 2. The standard InChI is InChI=1S/C15H15NO4S/c17-11-2-1-9(7-12(11)18)8-16-5-3-13-10(4-6-21-13)14(16)15(19)20/h1-2,4,6-7,14,17-18H,3,5,8H2,(H,19,20). The van der Waals surface area contributed by atoms with Crippen molar-refractivity contribution in [2.75, 3.05) is 6.54 Å². The van der Waals surface area contributed by atoms with Crippen LogP contribution < -0.4 is 0 Å². The Morgan fingerprint density at radius 1 is 1.29 bits per heavy atom. The van der Waals surface area contributed by atoms with E-state index in [-0.39, 0.29) is 11.5 Å². The van der Waals surface area contributed by atoms with Crippen molar-refractivity contribution in [2.45, 2.75) is 19.0 Å². The minimum absolute atomic E-state index is 0.174. The highest BCUT2D eigenvalue weighted by Gasteiger charge is 2.33. The zero-order valence-electron chi connectivity index (χ0n) is 11.2. The summed E-state index contributed by atoms with van der Waals surface area (Å²) in [5.41, 5.74) is 1.64. The first-order chi connectivity index (χ1) is 10.1. The molecule has 1 aromatic heterocycles. The molecule has 0 aliphatic carbocycles. The molecule has 0 saturated heterocycles. The molecular formula is C15H15NO4S. The molecular weight excluding hydrogens is 290 g/mol. The van der Waals surface area contributed by atoms with Crippen LogP contribution in [0.1, 0.15) is 22.0 Å². The molecule has 0 bridgehead atoms. The summed E-state index contributed by atoms with van der Waals surface area (Å²) in [6.07, 6.45) is 0.834. The quantitative estimate of drug-likeness (QED) is 0.758. The number of hydrogen-bond donors (Lipinski definition) is 3. The molecule has 2 heterocycles. The number of thiophene rings is 1. The highest BCUT2D eigenvalue weighted by atomic mass is 32.1. The number of aromatic hydroxyl groups is 2. The van der Waals surface area contributed by atoms with Gasteiger partial charge in [0, 0.05) is 18.0 Å². The normalized spacial score (nSPS) is 18.4. The van der Waals surface area contributed by atoms with E-state index in [1.165, 1.54) is 12.1 Å². The highest BCUT2D eigenvalue weighted by molar-refractivity contribution is 7.10. The van der Waals surface area contributed by atoms with Crippen molar-refractivity contribution in [3.63, 3.8) is 0 Å². The fourth-order valence-corrected chi connectivity index (χ4v) is 3.63. The second-order valence-corrected chi connectivity index (χ2v) is 6.08. The number of fused-ring (bicyclic) bond motifs is 1. The first kappa shape index (κ1) is 13.9. The zero-order chi connectivity index (χ0) is 15.0. The Morgan fingerprint density at radius 3 is 2.81 bits per heavy atom. The lowest BCUT2D eigenvalue weighted by atomic mass is 9.99. The van der Waals surface area contributed by atoms with Crippen LogP contribution in [0.25, 0.3) is 0 Å². The minimum Gasteiger partial charge on any atom is -0.504 e. The predicted molar refractivity (Wildman–Crippen MR) is 78.6 cm³/mol. The number of carboxylic acid groups (broad SMARTS) is 1. The molecule has 110 valence electrons. The predicted octanol–water partition coefficient (Wildman–Crippen LogP) is 2.34. The largest absolute Gasteiger partial charge is 0.504 e. The average molecular weight is 305 g/mol. The summed E-state index contributed by atoms with van der Waals surface area (Å²) in [7, 11) is 0. The molecule has 21 heavy (non-hydrogen) atoms. The number of hydrogen-bond acceptors (Lipinski definition) is 5. The van der Waals surface area contributed by atoms with Gasteiger partial charge in [0.05, 0.1) is 0 Å². The topological polar surface area (TPSA) is 81.0 Å². The third-order valence-corrected chi connectivity index (χ3v) is 4.72. The third kappa shape index (κ3) is 2.59. The number of rotatable bonds is 3. The van der Waals surface area contributed by atoms with E-state index in [0.29, 0.717) is 13.1 Å². The number of nitrogens with zero attached hydrogens (tertiary/aromatic N) is 1. The molecule has 0 radical (unpaired) electrons. The van der Waals surface area contributed by atoms with Gasteiger partial charge < -0.3 is 15.3 Å². The smallest absolute Gasteiger partial charge is 0.325 e. The van der Waals surface area contributed by atoms with Crippen LogP contribution in [0.4, 0.5) is 0 Å². The Morgan fingerprint density at radius 2 is 2.10 bits per heavy atom. The van der Waals surface area contributed by atoms with Gasteiger partial charge in [-0.05, 0) is 41.1 Å². The van der Waals surface area contributed by atoms with Gasteiger partial charge in [0.15, 0.2) is 11.5 Å². The van der Waals surface area contributed by atoms with Gasteiger partial charge in [-0.25, -0.2) is 0 Å². The molecule has 0 fully saturated rings.